The van der Waals surface area contributed by atoms with E-state index in [1.165, 1.54) is 6.07 Å². The maximum absolute atomic E-state index is 14.0. The number of piperazine rings is 1. The minimum absolute atomic E-state index is 0.0787. The first-order valence-electron chi connectivity index (χ1n) is 15.8. The maximum atomic E-state index is 14.0. The number of rotatable bonds is 9. The molecule has 0 N–H and O–H groups in total. The molecule has 0 bridgehead atoms. The lowest BCUT2D eigenvalue weighted by atomic mass is 9.70. The molecule has 0 aliphatic carbocycles. The average molecular weight is 610 g/mol. The average Bonchev–Trinajstić information content (AvgIpc) is 3.50. The number of anilines is 1. The van der Waals surface area contributed by atoms with Crippen LogP contribution in [0.15, 0.2) is 78.9 Å². The minimum atomic E-state index is -4.44. The highest BCUT2D eigenvalue weighted by molar-refractivity contribution is 5.92. The van der Waals surface area contributed by atoms with Crippen LogP contribution in [0.5, 0.6) is 0 Å². The van der Waals surface area contributed by atoms with Crippen molar-refractivity contribution in [3.8, 4) is 0 Å². The number of pyridine rings is 1. The van der Waals surface area contributed by atoms with E-state index >= 15 is 0 Å². The topological polar surface area (TPSA) is 42.9 Å². The second kappa shape index (κ2) is 15.0. The van der Waals surface area contributed by atoms with Gasteiger partial charge in [0.25, 0.3) is 0 Å². The number of hydrogen-bond acceptors (Lipinski definition) is 5. The maximum Gasteiger partial charge on any atom is 0.433 e. The minimum Gasteiger partial charge on any atom is -0.354 e. The summed E-state index contributed by atoms with van der Waals surface area (Å²) in [6.45, 7) is 9.54. The standard InChI is InChI=1S/C33H40F3N5O.C2H6/c1-38(2)31(42)32(26-11-5-3-6-12-26,27-13-7-4-8-14-27)18-20-40-19-10-15-28(40)25-39-21-23-41(24-22-39)30-17-9-16-29(37-30)33(34,35)36;1-2/h3-9,11-14,16-17,28H,10,15,18-25H2,1-2H3;1-2H3. The van der Waals surface area contributed by atoms with Crippen molar-refractivity contribution in [3.63, 3.8) is 0 Å². The van der Waals surface area contributed by atoms with Crippen LogP contribution in [0, 0.1) is 0 Å². The van der Waals surface area contributed by atoms with Crippen molar-refractivity contribution in [1.82, 2.24) is 19.7 Å². The van der Waals surface area contributed by atoms with Crippen LogP contribution in [0.3, 0.4) is 0 Å². The monoisotopic (exact) mass is 609 g/mol. The summed E-state index contributed by atoms with van der Waals surface area (Å²) in [6, 6.07) is 24.7. The van der Waals surface area contributed by atoms with Gasteiger partial charge >= 0.3 is 6.18 Å². The quantitative estimate of drug-likeness (QED) is 0.290. The number of carbonyl (C=O) groups excluding carboxylic acids is 1. The number of likely N-dealkylation sites (tertiary alicyclic amines) is 1. The molecule has 0 spiro atoms. The van der Waals surface area contributed by atoms with Crippen molar-refractivity contribution in [2.24, 2.45) is 0 Å². The molecule has 1 aromatic heterocycles. The highest BCUT2D eigenvalue weighted by Crippen LogP contribution is 2.38. The van der Waals surface area contributed by atoms with Crippen LogP contribution in [-0.2, 0) is 16.4 Å². The number of nitrogens with zero attached hydrogens (tertiary/aromatic N) is 5. The fourth-order valence-electron chi connectivity index (χ4n) is 6.56. The SMILES string of the molecule is CC.CN(C)C(=O)C(CCN1CCCC1CN1CCN(c2cccc(C(F)(F)F)n2)CC1)(c1ccccc1)c1ccccc1. The summed E-state index contributed by atoms with van der Waals surface area (Å²) >= 11 is 0. The molecule has 3 aromatic rings. The van der Waals surface area contributed by atoms with E-state index in [0.717, 1.165) is 62.8 Å². The lowest BCUT2D eigenvalue weighted by molar-refractivity contribution is -0.141. The van der Waals surface area contributed by atoms with E-state index in [1.807, 2.05) is 69.2 Å². The molecule has 9 heteroatoms. The number of likely N-dealkylation sites (N-methyl/N-ethyl adjacent to an activating group) is 1. The molecule has 0 saturated carbocycles. The van der Waals surface area contributed by atoms with Gasteiger partial charge in [-0.25, -0.2) is 4.98 Å². The van der Waals surface area contributed by atoms with Gasteiger partial charge in [-0.05, 0) is 49.1 Å². The second-order valence-electron chi connectivity index (χ2n) is 11.6. The molecule has 2 fully saturated rings. The fourth-order valence-corrected chi connectivity index (χ4v) is 6.56. The molecule has 2 aliphatic heterocycles. The molecule has 1 unspecified atom stereocenters. The number of carbonyl (C=O) groups is 1. The van der Waals surface area contributed by atoms with Gasteiger partial charge in [0.15, 0.2) is 0 Å². The third kappa shape index (κ3) is 7.61. The van der Waals surface area contributed by atoms with Gasteiger partial charge in [0, 0.05) is 59.4 Å². The van der Waals surface area contributed by atoms with Crippen molar-refractivity contribution in [2.45, 2.75) is 50.7 Å². The van der Waals surface area contributed by atoms with Gasteiger partial charge in [-0.1, -0.05) is 80.6 Å². The van der Waals surface area contributed by atoms with E-state index < -0.39 is 17.3 Å². The molecular weight excluding hydrogens is 563 g/mol. The normalized spacial score (nSPS) is 18.1. The molecular formula is C35H46F3N5O. The molecule has 2 aromatic carbocycles. The predicted octanol–water partition coefficient (Wildman–Crippen LogP) is 6.18. The fraction of sp³-hybridized carbons (Fsp3) is 0.486. The molecule has 5 rings (SSSR count). The number of benzene rings is 2. The van der Waals surface area contributed by atoms with Gasteiger partial charge < -0.3 is 9.80 Å². The Kier molecular flexibility index (Phi) is 11.4. The van der Waals surface area contributed by atoms with Gasteiger partial charge in [0.2, 0.25) is 5.91 Å². The van der Waals surface area contributed by atoms with Crippen molar-refractivity contribution in [2.75, 3.05) is 64.8 Å². The zero-order chi connectivity index (χ0) is 31.7. The van der Waals surface area contributed by atoms with Crippen LogP contribution in [0.25, 0.3) is 0 Å². The first-order valence-corrected chi connectivity index (χ1v) is 15.8. The van der Waals surface area contributed by atoms with Crippen molar-refractivity contribution in [3.05, 3.63) is 95.7 Å². The Balaban J connectivity index is 0.00000216. The van der Waals surface area contributed by atoms with Crippen LogP contribution in [-0.4, -0.2) is 91.5 Å². The van der Waals surface area contributed by atoms with E-state index in [4.69, 9.17) is 0 Å². The first-order chi connectivity index (χ1) is 21.2. The number of alkyl halides is 3. The number of hydrogen-bond donors (Lipinski definition) is 0. The smallest absolute Gasteiger partial charge is 0.354 e. The Bertz CT molecular complexity index is 1270. The number of aromatic nitrogens is 1. The van der Waals surface area contributed by atoms with E-state index in [0.29, 0.717) is 31.4 Å². The van der Waals surface area contributed by atoms with Crippen molar-refractivity contribution >= 4 is 11.7 Å². The van der Waals surface area contributed by atoms with E-state index in [2.05, 4.69) is 39.0 Å². The zero-order valence-electron chi connectivity index (χ0n) is 26.4. The summed E-state index contributed by atoms with van der Waals surface area (Å²) in [6.07, 6.45) is -1.56. The summed E-state index contributed by atoms with van der Waals surface area (Å²) < 4.78 is 39.5. The summed E-state index contributed by atoms with van der Waals surface area (Å²) in [5, 5.41) is 0. The molecule has 0 radical (unpaired) electrons. The van der Waals surface area contributed by atoms with Crippen LogP contribution in [0.1, 0.15) is 49.9 Å². The van der Waals surface area contributed by atoms with E-state index in [-0.39, 0.29) is 5.91 Å². The Morgan fingerprint density at radius 2 is 1.43 bits per heavy atom. The first kappa shape index (κ1) is 33.5. The number of amides is 1. The van der Waals surface area contributed by atoms with Crippen LogP contribution < -0.4 is 4.90 Å². The zero-order valence-corrected chi connectivity index (χ0v) is 26.4. The van der Waals surface area contributed by atoms with Crippen molar-refractivity contribution < 1.29 is 18.0 Å². The molecule has 2 aliphatic rings. The lowest BCUT2D eigenvalue weighted by Gasteiger charge is -2.40. The van der Waals surface area contributed by atoms with Gasteiger partial charge in [-0.2, -0.15) is 13.2 Å². The van der Waals surface area contributed by atoms with Gasteiger partial charge in [-0.15, -0.1) is 0 Å². The van der Waals surface area contributed by atoms with Crippen LogP contribution in [0.2, 0.25) is 0 Å². The molecule has 3 heterocycles. The Labute approximate surface area is 260 Å². The predicted molar refractivity (Wildman–Crippen MR) is 171 cm³/mol. The van der Waals surface area contributed by atoms with Gasteiger partial charge in [0.1, 0.15) is 16.9 Å². The van der Waals surface area contributed by atoms with Gasteiger partial charge in [0.05, 0.1) is 0 Å². The summed E-state index contributed by atoms with van der Waals surface area (Å²) in [5.74, 6) is 0.464. The molecule has 6 nitrogen and oxygen atoms in total. The largest absolute Gasteiger partial charge is 0.433 e. The van der Waals surface area contributed by atoms with E-state index in [1.54, 1.807) is 11.0 Å². The molecule has 1 atom stereocenters. The molecule has 238 valence electrons. The van der Waals surface area contributed by atoms with Crippen LogP contribution in [0.4, 0.5) is 19.0 Å². The third-order valence-corrected chi connectivity index (χ3v) is 8.77. The molecule has 44 heavy (non-hydrogen) atoms. The molecule has 1 amide bonds. The van der Waals surface area contributed by atoms with Crippen LogP contribution >= 0.6 is 0 Å². The Morgan fingerprint density at radius 3 is 1.98 bits per heavy atom. The summed E-state index contributed by atoms with van der Waals surface area (Å²) in [5.41, 5.74) is 0.372. The number of halogens is 3. The highest BCUT2D eigenvalue weighted by atomic mass is 19.4. The molecule has 2 saturated heterocycles. The Morgan fingerprint density at radius 1 is 0.841 bits per heavy atom. The third-order valence-electron chi connectivity index (χ3n) is 8.77. The lowest BCUT2D eigenvalue weighted by Crippen LogP contribution is -2.51. The van der Waals surface area contributed by atoms with Gasteiger partial charge in [-0.3, -0.25) is 14.6 Å². The highest BCUT2D eigenvalue weighted by Gasteiger charge is 2.43. The van der Waals surface area contributed by atoms with Crippen molar-refractivity contribution in [1.29, 1.82) is 0 Å². The summed E-state index contributed by atoms with van der Waals surface area (Å²) in [7, 11) is 3.66. The Hall–Kier alpha value is -3.43. The summed E-state index contributed by atoms with van der Waals surface area (Å²) in [4.78, 5) is 26.5. The van der Waals surface area contributed by atoms with E-state index in [9.17, 15) is 18.0 Å². The second-order valence-corrected chi connectivity index (χ2v) is 11.6.